The van der Waals surface area contributed by atoms with Crippen LogP contribution in [0.25, 0.3) is 11.0 Å². The number of benzene rings is 2. The highest BCUT2D eigenvalue weighted by Gasteiger charge is 2.36. The summed E-state index contributed by atoms with van der Waals surface area (Å²) in [5, 5.41) is 29.9. The van der Waals surface area contributed by atoms with E-state index in [9.17, 15) is 19.7 Å². The summed E-state index contributed by atoms with van der Waals surface area (Å²) in [5.41, 5.74) is 3.02. The van der Waals surface area contributed by atoms with Crippen LogP contribution in [0.3, 0.4) is 0 Å². The molecule has 0 aliphatic carbocycles. The molecule has 3 aromatic rings. The zero-order valence-corrected chi connectivity index (χ0v) is 17.5. The summed E-state index contributed by atoms with van der Waals surface area (Å²) in [6.07, 6.45) is 0.356. The van der Waals surface area contributed by atoms with Crippen molar-refractivity contribution in [2.45, 2.75) is 18.8 Å². The minimum absolute atomic E-state index is 0.0381. The van der Waals surface area contributed by atoms with Gasteiger partial charge in [0.05, 0.1) is 23.6 Å². The molecule has 172 valence electrons. The number of hydrogen-bond donors (Lipinski definition) is 4. The van der Waals surface area contributed by atoms with E-state index in [-0.39, 0.29) is 11.0 Å². The predicted molar refractivity (Wildman–Crippen MR) is 119 cm³/mol. The number of rotatable bonds is 6. The monoisotopic (exact) mass is 453 g/mol. The molecule has 0 radical (unpaired) electrons. The predicted octanol–water partition coefficient (Wildman–Crippen LogP) is 2.02. The van der Waals surface area contributed by atoms with E-state index in [0.717, 1.165) is 22.4 Å². The molecule has 1 saturated heterocycles. The van der Waals surface area contributed by atoms with Gasteiger partial charge in [-0.2, -0.15) is 0 Å². The Balaban J connectivity index is 0.000000331. The van der Waals surface area contributed by atoms with Crippen LogP contribution in [-0.2, 0) is 16.1 Å². The number of aromatic amines is 1. The first-order valence-corrected chi connectivity index (χ1v) is 10.1. The molecule has 2 unspecified atom stereocenters. The molecular weight excluding hydrogens is 430 g/mol. The van der Waals surface area contributed by atoms with Gasteiger partial charge in [0.25, 0.3) is 6.17 Å². The van der Waals surface area contributed by atoms with Crippen LogP contribution in [0.1, 0.15) is 17.4 Å². The fraction of sp³-hybridized carbons (Fsp3) is 0.227. The second kappa shape index (κ2) is 11.0. The lowest BCUT2D eigenvalue weighted by molar-refractivity contribution is -0.533. The highest BCUT2D eigenvalue weighted by Crippen LogP contribution is 2.25. The molecule has 0 saturated carbocycles. The van der Waals surface area contributed by atoms with Crippen molar-refractivity contribution in [3.63, 3.8) is 0 Å². The number of para-hydroxylation sites is 2. The summed E-state index contributed by atoms with van der Waals surface area (Å²) in [6.45, 7) is 1.47. The normalized spacial score (nSPS) is 18.5. The molecule has 1 aliphatic rings. The van der Waals surface area contributed by atoms with Crippen molar-refractivity contribution in [1.82, 2.24) is 20.2 Å². The number of hydrogen-bond acceptors (Lipinski definition) is 7. The summed E-state index contributed by atoms with van der Waals surface area (Å²) in [4.78, 5) is 40.3. The van der Waals surface area contributed by atoms with Crippen molar-refractivity contribution in [3.05, 3.63) is 88.3 Å². The van der Waals surface area contributed by atoms with Gasteiger partial charge in [-0.25, -0.2) is 14.6 Å². The number of H-pyrrole nitrogens is 1. The van der Waals surface area contributed by atoms with Gasteiger partial charge < -0.3 is 15.2 Å². The van der Waals surface area contributed by atoms with Crippen molar-refractivity contribution in [2.24, 2.45) is 0 Å². The number of aromatic nitrogens is 2. The number of nitro groups is 1. The van der Waals surface area contributed by atoms with E-state index in [1.165, 1.54) is 0 Å². The Morgan fingerprint density at radius 3 is 2.33 bits per heavy atom. The largest absolute Gasteiger partial charge is 0.478 e. The summed E-state index contributed by atoms with van der Waals surface area (Å²) in [5.74, 6) is -1.67. The van der Waals surface area contributed by atoms with Gasteiger partial charge >= 0.3 is 11.9 Å². The van der Waals surface area contributed by atoms with Crippen molar-refractivity contribution < 1.29 is 24.7 Å². The zero-order valence-electron chi connectivity index (χ0n) is 17.5. The van der Waals surface area contributed by atoms with Crippen LogP contribution in [0.4, 0.5) is 0 Å². The molecule has 33 heavy (non-hydrogen) atoms. The number of imidazole rings is 1. The van der Waals surface area contributed by atoms with E-state index in [4.69, 9.17) is 15.2 Å². The Morgan fingerprint density at radius 1 is 1.09 bits per heavy atom. The molecule has 0 spiro atoms. The highest BCUT2D eigenvalue weighted by molar-refractivity contribution is 5.89. The topological polar surface area (TPSA) is 162 Å². The number of carboxylic acids is 2. The standard InChI is InChI=1S/C18H19N5O2.C4H4O4/c24-23(25)17-12-22(11-13-6-2-1-3-7-13)16(10-19-17)18-20-14-8-4-5-9-15(14)21-18;5-3(6)1-2-4(7)8/h1-9,16-17,19H,10-12H2,(H,20,21);1-2H,(H,5,6)(H,7,8)/b;2-1+. The maximum Gasteiger partial charge on any atom is 0.328 e. The Labute approximate surface area is 188 Å². The van der Waals surface area contributed by atoms with Gasteiger partial charge in [0, 0.05) is 30.2 Å². The summed E-state index contributed by atoms with van der Waals surface area (Å²) >= 11 is 0. The summed E-state index contributed by atoms with van der Waals surface area (Å²) in [7, 11) is 0. The number of piperazine rings is 1. The number of carboxylic acid groups (broad SMARTS) is 2. The number of carbonyl (C=O) groups is 2. The minimum atomic E-state index is -1.26. The SMILES string of the molecule is O=C(O)/C=C/C(=O)O.O=[N+]([O-])C1CN(Cc2ccccc2)C(c2nc3ccccc3[nH]2)CN1. The minimum Gasteiger partial charge on any atom is -0.478 e. The van der Waals surface area contributed by atoms with Crippen molar-refractivity contribution >= 4 is 23.0 Å². The Hall–Kier alpha value is -4.09. The first-order valence-electron chi connectivity index (χ1n) is 10.1. The molecule has 0 bridgehead atoms. The molecule has 1 aromatic heterocycles. The van der Waals surface area contributed by atoms with Crippen molar-refractivity contribution in [1.29, 1.82) is 0 Å². The average Bonchev–Trinajstić information content (AvgIpc) is 3.23. The van der Waals surface area contributed by atoms with Crippen LogP contribution in [0.2, 0.25) is 0 Å². The van der Waals surface area contributed by atoms with Crippen molar-refractivity contribution in [3.8, 4) is 0 Å². The lowest BCUT2D eigenvalue weighted by atomic mass is 10.1. The molecule has 11 heteroatoms. The molecule has 0 amide bonds. The highest BCUT2D eigenvalue weighted by atomic mass is 16.6. The van der Waals surface area contributed by atoms with E-state index < -0.39 is 18.1 Å². The first-order chi connectivity index (χ1) is 15.8. The second-order valence-electron chi connectivity index (χ2n) is 7.29. The summed E-state index contributed by atoms with van der Waals surface area (Å²) < 4.78 is 0. The third-order valence-corrected chi connectivity index (χ3v) is 4.97. The van der Waals surface area contributed by atoms with Crippen LogP contribution < -0.4 is 5.32 Å². The van der Waals surface area contributed by atoms with Crippen molar-refractivity contribution in [2.75, 3.05) is 13.1 Å². The fourth-order valence-electron chi connectivity index (χ4n) is 3.47. The van der Waals surface area contributed by atoms with E-state index in [1.807, 2.05) is 54.6 Å². The van der Waals surface area contributed by atoms with Gasteiger partial charge in [0.15, 0.2) is 0 Å². The van der Waals surface area contributed by atoms with Crippen LogP contribution in [0.15, 0.2) is 66.7 Å². The molecule has 2 heterocycles. The zero-order chi connectivity index (χ0) is 23.8. The van der Waals surface area contributed by atoms with Gasteiger partial charge in [0.1, 0.15) is 5.82 Å². The maximum atomic E-state index is 11.2. The molecule has 4 rings (SSSR count). The molecular formula is C22H23N5O6. The molecule has 2 aromatic carbocycles. The molecule has 11 nitrogen and oxygen atoms in total. The molecule has 1 aliphatic heterocycles. The van der Waals surface area contributed by atoms with Crippen LogP contribution in [0.5, 0.6) is 0 Å². The third kappa shape index (κ3) is 6.69. The molecule has 4 N–H and O–H groups in total. The van der Waals surface area contributed by atoms with E-state index in [2.05, 4.69) is 15.2 Å². The lowest BCUT2D eigenvalue weighted by Crippen LogP contribution is -2.55. The van der Waals surface area contributed by atoms with Gasteiger partial charge in [-0.1, -0.05) is 42.5 Å². The molecule has 2 atom stereocenters. The average molecular weight is 453 g/mol. The third-order valence-electron chi connectivity index (χ3n) is 4.97. The molecule has 1 fully saturated rings. The van der Waals surface area contributed by atoms with E-state index in [0.29, 0.717) is 31.8 Å². The van der Waals surface area contributed by atoms with Crippen LogP contribution in [-0.4, -0.2) is 61.2 Å². The van der Waals surface area contributed by atoms with E-state index >= 15 is 0 Å². The maximum absolute atomic E-state index is 11.2. The van der Waals surface area contributed by atoms with Gasteiger partial charge in [0.2, 0.25) is 0 Å². The fourth-order valence-corrected chi connectivity index (χ4v) is 3.47. The number of nitrogens with zero attached hydrogens (tertiary/aromatic N) is 3. The smallest absolute Gasteiger partial charge is 0.328 e. The van der Waals surface area contributed by atoms with Crippen LogP contribution in [0, 0.1) is 10.1 Å². The Morgan fingerprint density at radius 2 is 1.73 bits per heavy atom. The quantitative estimate of drug-likeness (QED) is 0.248. The van der Waals surface area contributed by atoms with Gasteiger partial charge in [-0.3, -0.25) is 20.3 Å². The number of nitrogens with one attached hydrogen (secondary N) is 2. The Kier molecular flexibility index (Phi) is 7.84. The summed E-state index contributed by atoms with van der Waals surface area (Å²) in [6, 6.07) is 17.9. The Bertz CT molecular complexity index is 1100. The lowest BCUT2D eigenvalue weighted by Gasteiger charge is -2.36. The second-order valence-corrected chi connectivity index (χ2v) is 7.29. The van der Waals surface area contributed by atoms with E-state index in [1.54, 1.807) is 0 Å². The van der Waals surface area contributed by atoms with Crippen LogP contribution >= 0.6 is 0 Å². The van der Waals surface area contributed by atoms with Gasteiger partial charge in [-0.05, 0) is 17.7 Å². The first kappa shape index (κ1) is 23.6. The van der Waals surface area contributed by atoms with Gasteiger partial charge in [-0.15, -0.1) is 0 Å². The number of fused-ring (bicyclic) bond motifs is 1. The number of aliphatic carboxylic acids is 2.